The van der Waals surface area contributed by atoms with Gasteiger partial charge in [-0.25, -0.2) is 9.97 Å². The molecule has 7 nitrogen and oxygen atoms in total. The summed E-state index contributed by atoms with van der Waals surface area (Å²) in [5.41, 5.74) is 1.01. The van der Waals surface area contributed by atoms with E-state index in [1.807, 2.05) is 13.0 Å². The highest BCUT2D eigenvalue weighted by Crippen LogP contribution is 2.15. The molecule has 0 spiro atoms. The summed E-state index contributed by atoms with van der Waals surface area (Å²) in [7, 11) is 0. The zero-order chi connectivity index (χ0) is 18.5. The van der Waals surface area contributed by atoms with Crippen LogP contribution in [-0.2, 0) is 4.79 Å². The van der Waals surface area contributed by atoms with Crippen molar-refractivity contribution in [3.8, 4) is 5.82 Å². The molecule has 0 fully saturated rings. The molecule has 7 heteroatoms. The lowest BCUT2D eigenvalue weighted by Gasteiger charge is -2.14. The van der Waals surface area contributed by atoms with Gasteiger partial charge in [0.1, 0.15) is 11.6 Å². The van der Waals surface area contributed by atoms with E-state index in [0.717, 1.165) is 5.82 Å². The minimum absolute atomic E-state index is 0.000556. The van der Waals surface area contributed by atoms with Gasteiger partial charge in [-0.2, -0.15) is 0 Å². The van der Waals surface area contributed by atoms with Crippen molar-refractivity contribution >= 4 is 11.9 Å². The molecular weight excluding hydrogens is 332 g/mol. The van der Waals surface area contributed by atoms with Crippen LogP contribution in [0.5, 0.6) is 0 Å². The largest absolute Gasteiger partial charge is 0.481 e. The number of carbonyl (C=O) groups excluding carboxylic acids is 1. The number of aliphatic carboxylic acids is 1. The Morgan fingerprint density at radius 2 is 1.92 bits per heavy atom. The highest BCUT2D eigenvalue weighted by Gasteiger charge is 2.20. The number of nitrogens with one attached hydrogen (secondary N) is 1. The molecule has 1 amide bonds. The summed E-state index contributed by atoms with van der Waals surface area (Å²) in [6, 6.07) is 12.2. The Morgan fingerprint density at radius 1 is 1.15 bits per heavy atom. The fourth-order valence-corrected chi connectivity index (χ4v) is 2.61. The van der Waals surface area contributed by atoms with Crippen LogP contribution in [0, 0.1) is 6.92 Å². The third kappa shape index (κ3) is 3.77. The highest BCUT2D eigenvalue weighted by molar-refractivity contribution is 5.94. The normalized spacial score (nSPS) is 11.7. The Kier molecular flexibility index (Phi) is 5.07. The number of rotatable bonds is 6. The Morgan fingerprint density at radius 3 is 2.50 bits per heavy atom. The second-order valence-electron chi connectivity index (χ2n) is 5.76. The number of pyridine rings is 1. The van der Waals surface area contributed by atoms with E-state index in [1.54, 1.807) is 53.4 Å². The molecule has 0 saturated carbocycles. The summed E-state index contributed by atoms with van der Waals surface area (Å²) >= 11 is 0. The van der Waals surface area contributed by atoms with Gasteiger partial charge in [-0.3, -0.25) is 14.2 Å². The zero-order valence-electron chi connectivity index (χ0n) is 14.2. The third-order valence-electron chi connectivity index (χ3n) is 4.05. The average Bonchev–Trinajstić information content (AvgIpc) is 3.08. The van der Waals surface area contributed by atoms with E-state index >= 15 is 0 Å². The first-order valence-electron chi connectivity index (χ1n) is 8.08. The van der Waals surface area contributed by atoms with Crippen LogP contribution in [0.15, 0.2) is 61.1 Å². The quantitative estimate of drug-likeness (QED) is 0.710. The molecule has 132 valence electrons. The SMILES string of the molecule is Cc1nccn1-c1ccc(C(=O)NCC(C(=O)O)c2ccccc2)cn1. The Bertz CT molecular complexity index is 904. The lowest BCUT2D eigenvalue weighted by molar-refractivity contribution is -0.138. The van der Waals surface area contributed by atoms with Gasteiger partial charge >= 0.3 is 5.97 Å². The molecule has 1 atom stereocenters. The molecule has 0 aliphatic rings. The topological polar surface area (TPSA) is 97.1 Å². The molecule has 3 rings (SSSR count). The molecular formula is C19H18N4O3. The number of aryl methyl sites for hydroxylation is 1. The second kappa shape index (κ2) is 7.60. The standard InChI is InChI=1S/C19H18N4O3/c1-13-20-9-10-23(13)17-8-7-15(11-21-17)18(24)22-12-16(19(25)26)14-5-3-2-4-6-14/h2-11,16H,12H2,1H3,(H,22,24)(H,25,26). The summed E-state index contributed by atoms with van der Waals surface area (Å²) in [5, 5.41) is 12.1. The third-order valence-corrected chi connectivity index (χ3v) is 4.05. The van der Waals surface area contributed by atoms with Gasteiger partial charge in [-0.1, -0.05) is 30.3 Å². The van der Waals surface area contributed by atoms with Gasteiger partial charge in [-0.15, -0.1) is 0 Å². The van der Waals surface area contributed by atoms with E-state index in [1.165, 1.54) is 6.20 Å². The zero-order valence-corrected chi connectivity index (χ0v) is 14.2. The number of aromatic nitrogens is 3. The lowest BCUT2D eigenvalue weighted by atomic mass is 9.99. The minimum atomic E-state index is -0.986. The fraction of sp³-hybridized carbons (Fsp3) is 0.158. The van der Waals surface area contributed by atoms with Crippen molar-refractivity contribution < 1.29 is 14.7 Å². The molecule has 0 saturated heterocycles. The van der Waals surface area contributed by atoms with E-state index in [4.69, 9.17) is 0 Å². The van der Waals surface area contributed by atoms with Crippen LogP contribution in [-0.4, -0.2) is 38.1 Å². The summed E-state index contributed by atoms with van der Waals surface area (Å²) in [6.45, 7) is 1.86. The number of nitrogens with zero attached hydrogens (tertiary/aromatic N) is 3. The summed E-state index contributed by atoms with van der Waals surface area (Å²) < 4.78 is 1.80. The van der Waals surface area contributed by atoms with Crippen LogP contribution in [0.4, 0.5) is 0 Å². The van der Waals surface area contributed by atoms with Crippen LogP contribution in [0.1, 0.15) is 27.7 Å². The maximum Gasteiger partial charge on any atom is 0.312 e. The monoisotopic (exact) mass is 350 g/mol. The first-order chi connectivity index (χ1) is 12.6. The van der Waals surface area contributed by atoms with Crippen molar-refractivity contribution in [1.29, 1.82) is 0 Å². The van der Waals surface area contributed by atoms with Gasteiger partial charge in [0.25, 0.3) is 5.91 Å². The number of benzene rings is 1. The van der Waals surface area contributed by atoms with E-state index in [0.29, 0.717) is 16.9 Å². The predicted molar refractivity (Wildman–Crippen MR) is 95.2 cm³/mol. The number of carboxylic acids is 1. The molecule has 2 heterocycles. The van der Waals surface area contributed by atoms with Gasteiger partial charge in [0.05, 0.1) is 11.5 Å². The van der Waals surface area contributed by atoms with Gasteiger partial charge in [0, 0.05) is 25.1 Å². The number of carbonyl (C=O) groups is 2. The molecule has 0 aliphatic heterocycles. The molecule has 26 heavy (non-hydrogen) atoms. The van der Waals surface area contributed by atoms with Gasteiger partial charge in [0.15, 0.2) is 0 Å². The van der Waals surface area contributed by atoms with Crippen molar-refractivity contribution in [2.75, 3.05) is 6.54 Å². The molecule has 0 aliphatic carbocycles. The van der Waals surface area contributed by atoms with E-state index in [-0.39, 0.29) is 12.5 Å². The van der Waals surface area contributed by atoms with Crippen molar-refractivity contribution in [2.24, 2.45) is 0 Å². The maximum absolute atomic E-state index is 12.3. The van der Waals surface area contributed by atoms with Crippen LogP contribution in [0.3, 0.4) is 0 Å². The molecule has 1 aromatic carbocycles. The molecule has 2 N–H and O–H groups in total. The van der Waals surface area contributed by atoms with Crippen LogP contribution in [0.25, 0.3) is 5.82 Å². The number of hydrogen-bond donors (Lipinski definition) is 2. The van der Waals surface area contributed by atoms with Crippen molar-refractivity contribution in [3.63, 3.8) is 0 Å². The van der Waals surface area contributed by atoms with Crippen LogP contribution >= 0.6 is 0 Å². The first-order valence-corrected chi connectivity index (χ1v) is 8.08. The molecule has 0 bridgehead atoms. The van der Waals surface area contributed by atoms with Crippen LogP contribution < -0.4 is 5.32 Å². The van der Waals surface area contributed by atoms with Crippen molar-refractivity contribution in [1.82, 2.24) is 19.9 Å². The lowest BCUT2D eigenvalue weighted by Crippen LogP contribution is -2.31. The maximum atomic E-state index is 12.3. The number of hydrogen-bond acceptors (Lipinski definition) is 4. The molecule has 2 aromatic heterocycles. The van der Waals surface area contributed by atoms with Gasteiger partial charge in [-0.05, 0) is 24.6 Å². The van der Waals surface area contributed by atoms with Crippen molar-refractivity contribution in [3.05, 3.63) is 78.0 Å². The molecule has 1 unspecified atom stereocenters. The number of imidazole rings is 1. The summed E-state index contributed by atoms with van der Waals surface area (Å²) in [5.74, 6) is -0.707. The highest BCUT2D eigenvalue weighted by atomic mass is 16.4. The van der Waals surface area contributed by atoms with Gasteiger partial charge in [0.2, 0.25) is 0 Å². The fourth-order valence-electron chi connectivity index (χ4n) is 2.61. The Hall–Kier alpha value is -3.48. The minimum Gasteiger partial charge on any atom is -0.481 e. The van der Waals surface area contributed by atoms with E-state index < -0.39 is 11.9 Å². The molecule has 0 radical (unpaired) electrons. The second-order valence-corrected chi connectivity index (χ2v) is 5.76. The number of amides is 1. The summed E-state index contributed by atoms with van der Waals surface area (Å²) in [6.07, 6.45) is 4.92. The van der Waals surface area contributed by atoms with Crippen LogP contribution in [0.2, 0.25) is 0 Å². The van der Waals surface area contributed by atoms with E-state index in [2.05, 4.69) is 15.3 Å². The van der Waals surface area contributed by atoms with Gasteiger partial charge < -0.3 is 10.4 Å². The van der Waals surface area contributed by atoms with E-state index in [9.17, 15) is 14.7 Å². The predicted octanol–water partition coefficient (Wildman–Crippen LogP) is 2.17. The van der Waals surface area contributed by atoms with Crippen molar-refractivity contribution in [2.45, 2.75) is 12.8 Å². The first kappa shape index (κ1) is 17.3. The average molecular weight is 350 g/mol. The smallest absolute Gasteiger partial charge is 0.312 e. The molecule has 3 aromatic rings. The number of carboxylic acid groups (broad SMARTS) is 1. The Balaban J connectivity index is 1.68. The summed E-state index contributed by atoms with van der Waals surface area (Å²) in [4.78, 5) is 32.2. The Labute approximate surface area is 150 Å².